The molecule has 1 aliphatic carbocycles. The van der Waals surface area contributed by atoms with Crippen molar-refractivity contribution in [2.45, 2.75) is 26.7 Å². The highest BCUT2D eigenvalue weighted by Gasteiger charge is 2.15. The predicted molar refractivity (Wildman–Crippen MR) is 88.5 cm³/mol. The Labute approximate surface area is 124 Å². The SMILES string of the molecule is Cc1cc(C)cc(-c2ccc3oc4c(c3c2)C=CCC4)c1. The molecular weight excluding hydrogens is 256 g/mol. The Balaban J connectivity index is 1.92. The molecule has 0 spiro atoms. The standard InChI is InChI=1S/C20H18O/c1-13-9-14(2)11-16(10-13)15-7-8-20-18(12-15)17-5-3-4-6-19(17)21-20/h3,5,7-12H,4,6H2,1-2H3. The van der Waals surface area contributed by atoms with Gasteiger partial charge in [-0.15, -0.1) is 0 Å². The Morgan fingerprint density at radius 1 is 0.905 bits per heavy atom. The first kappa shape index (κ1) is 12.5. The van der Waals surface area contributed by atoms with Gasteiger partial charge in [0, 0.05) is 17.4 Å². The molecule has 104 valence electrons. The minimum atomic E-state index is 1.000. The van der Waals surface area contributed by atoms with E-state index in [4.69, 9.17) is 4.42 Å². The fourth-order valence-electron chi connectivity index (χ4n) is 3.27. The molecule has 0 unspecified atom stereocenters. The van der Waals surface area contributed by atoms with Gasteiger partial charge in [0.25, 0.3) is 0 Å². The lowest BCUT2D eigenvalue weighted by atomic mass is 9.97. The molecule has 0 radical (unpaired) electrons. The van der Waals surface area contributed by atoms with Gasteiger partial charge in [-0.25, -0.2) is 0 Å². The molecule has 1 heterocycles. The molecule has 2 aromatic carbocycles. The highest BCUT2D eigenvalue weighted by molar-refractivity contribution is 5.92. The zero-order valence-corrected chi connectivity index (χ0v) is 12.4. The maximum Gasteiger partial charge on any atom is 0.134 e. The van der Waals surface area contributed by atoms with Crippen molar-refractivity contribution in [2.24, 2.45) is 0 Å². The Morgan fingerprint density at radius 2 is 1.71 bits per heavy atom. The van der Waals surface area contributed by atoms with Gasteiger partial charge < -0.3 is 4.42 Å². The van der Waals surface area contributed by atoms with E-state index in [0.29, 0.717) is 0 Å². The second-order valence-corrected chi connectivity index (χ2v) is 5.97. The number of fused-ring (bicyclic) bond motifs is 3. The Morgan fingerprint density at radius 3 is 2.52 bits per heavy atom. The average Bonchev–Trinajstić information content (AvgIpc) is 2.84. The Bertz CT molecular complexity index is 845. The summed E-state index contributed by atoms with van der Waals surface area (Å²) in [5.41, 5.74) is 7.42. The molecule has 0 amide bonds. The van der Waals surface area contributed by atoms with Crippen LogP contribution in [0.4, 0.5) is 0 Å². The van der Waals surface area contributed by atoms with Crippen molar-refractivity contribution in [1.29, 1.82) is 0 Å². The van der Waals surface area contributed by atoms with E-state index in [2.05, 4.69) is 62.4 Å². The van der Waals surface area contributed by atoms with Crippen LogP contribution in [-0.2, 0) is 6.42 Å². The highest BCUT2D eigenvalue weighted by atomic mass is 16.3. The fourth-order valence-corrected chi connectivity index (χ4v) is 3.27. The zero-order valence-electron chi connectivity index (χ0n) is 12.4. The molecule has 0 fully saturated rings. The smallest absolute Gasteiger partial charge is 0.134 e. The quantitative estimate of drug-likeness (QED) is 0.556. The molecule has 0 aliphatic heterocycles. The van der Waals surface area contributed by atoms with E-state index < -0.39 is 0 Å². The summed E-state index contributed by atoms with van der Waals surface area (Å²) in [5, 5.41) is 1.23. The lowest BCUT2D eigenvalue weighted by molar-refractivity contribution is 0.546. The van der Waals surface area contributed by atoms with Crippen molar-refractivity contribution in [3.05, 3.63) is 64.9 Å². The monoisotopic (exact) mass is 274 g/mol. The fraction of sp³-hybridized carbons (Fsp3) is 0.200. The molecule has 1 aromatic heterocycles. The van der Waals surface area contributed by atoms with Crippen LogP contribution in [0.2, 0.25) is 0 Å². The van der Waals surface area contributed by atoms with Crippen LogP contribution in [0.25, 0.3) is 28.2 Å². The summed E-state index contributed by atoms with van der Waals surface area (Å²) in [7, 11) is 0. The summed E-state index contributed by atoms with van der Waals surface area (Å²) >= 11 is 0. The third kappa shape index (κ3) is 2.09. The largest absolute Gasteiger partial charge is 0.460 e. The van der Waals surface area contributed by atoms with Gasteiger partial charge in [0.15, 0.2) is 0 Å². The van der Waals surface area contributed by atoms with Crippen LogP contribution in [0, 0.1) is 13.8 Å². The van der Waals surface area contributed by atoms with Crippen LogP contribution in [0.5, 0.6) is 0 Å². The summed E-state index contributed by atoms with van der Waals surface area (Å²) in [4.78, 5) is 0. The first-order valence-corrected chi connectivity index (χ1v) is 7.51. The zero-order chi connectivity index (χ0) is 14.4. The third-order valence-corrected chi connectivity index (χ3v) is 4.18. The van der Waals surface area contributed by atoms with E-state index in [1.807, 2.05) is 0 Å². The van der Waals surface area contributed by atoms with E-state index in [-0.39, 0.29) is 0 Å². The number of furan rings is 1. The van der Waals surface area contributed by atoms with Crippen molar-refractivity contribution >= 4 is 17.0 Å². The molecule has 21 heavy (non-hydrogen) atoms. The van der Waals surface area contributed by atoms with Crippen LogP contribution in [0.3, 0.4) is 0 Å². The van der Waals surface area contributed by atoms with Gasteiger partial charge in [-0.1, -0.05) is 47.5 Å². The Kier molecular flexibility index (Phi) is 2.75. The van der Waals surface area contributed by atoms with Gasteiger partial charge in [0.1, 0.15) is 11.3 Å². The van der Waals surface area contributed by atoms with Crippen LogP contribution in [0.1, 0.15) is 28.9 Å². The lowest BCUT2D eigenvalue weighted by Gasteiger charge is -2.06. The minimum absolute atomic E-state index is 1.000. The number of aryl methyl sites for hydroxylation is 3. The van der Waals surface area contributed by atoms with E-state index >= 15 is 0 Å². The maximum absolute atomic E-state index is 5.98. The molecule has 3 aromatic rings. The number of allylic oxidation sites excluding steroid dienone is 1. The van der Waals surface area contributed by atoms with Gasteiger partial charge in [-0.05, 0) is 43.5 Å². The van der Waals surface area contributed by atoms with Crippen LogP contribution < -0.4 is 0 Å². The first-order chi connectivity index (χ1) is 10.2. The minimum Gasteiger partial charge on any atom is -0.460 e. The van der Waals surface area contributed by atoms with Gasteiger partial charge in [-0.3, -0.25) is 0 Å². The molecular formula is C20H18O. The molecule has 0 bridgehead atoms. The molecule has 0 saturated heterocycles. The van der Waals surface area contributed by atoms with Crippen molar-refractivity contribution in [1.82, 2.24) is 0 Å². The molecule has 0 saturated carbocycles. The summed E-state index contributed by atoms with van der Waals surface area (Å²) in [5.74, 6) is 1.13. The van der Waals surface area contributed by atoms with Crippen molar-refractivity contribution < 1.29 is 4.42 Å². The molecule has 1 aliphatic rings. The topological polar surface area (TPSA) is 13.1 Å². The molecule has 1 nitrogen and oxygen atoms in total. The third-order valence-electron chi connectivity index (χ3n) is 4.18. The van der Waals surface area contributed by atoms with E-state index in [9.17, 15) is 0 Å². The van der Waals surface area contributed by atoms with Crippen molar-refractivity contribution in [2.75, 3.05) is 0 Å². The van der Waals surface area contributed by atoms with Gasteiger partial charge in [0.05, 0.1) is 0 Å². The predicted octanol–water partition coefficient (Wildman–Crippen LogP) is 5.68. The number of rotatable bonds is 1. The van der Waals surface area contributed by atoms with Crippen LogP contribution in [-0.4, -0.2) is 0 Å². The van der Waals surface area contributed by atoms with E-state index in [0.717, 1.165) is 24.2 Å². The second kappa shape index (κ2) is 4.63. The summed E-state index contributed by atoms with van der Waals surface area (Å²) < 4.78 is 5.98. The van der Waals surface area contributed by atoms with Crippen molar-refractivity contribution in [3.8, 4) is 11.1 Å². The molecule has 0 atom stereocenters. The molecule has 1 heteroatoms. The molecule has 0 N–H and O–H groups in total. The van der Waals surface area contributed by atoms with Crippen LogP contribution in [0.15, 0.2) is 46.9 Å². The number of hydrogen-bond acceptors (Lipinski definition) is 1. The van der Waals surface area contributed by atoms with Gasteiger partial charge in [-0.2, -0.15) is 0 Å². The van der Waals surface area contributed by atoms with Crippen molar-refractivity contribution in [3.63, 3.8) is 0 Å². The number of benzene rings is 2. The summed E-state index contributed by atoms with van der Waals surface area (Å²) in [6.45, 7) is 4.30. The maximum atomic E-state index is 5.98. The van der Waals surface area contributed by atoms with Gasteiger partial charge in [0.2, 0.25) is 0 Å². The normalized spacial score (nSPS) is 13.6. The summed E-state index contributed by atoms with van der Waals surface area (Å²) in [6, 6.07) is 13.2. The lowest BCUT2D eigenvalue weighted by Crippen LogP contribution is -1.88. The molecule has 4 rings (SSSR count). The van der Waals surface area contributed by atoms with Gasteiger partial charge >= 0.3 is 0 Å². The first-order valence-electron chi connectivity index (χ1n) is 7.51. The van der Waals surface area contributed by atoms with E-state index in [1.165, 1.54) is 33.2 Å². The summed E-state index contributed by atoms with van der Waals surface area (Å²) in [6.07, 6.45) is 6.53. The number of hydrogen-bond donors (Lipinski definition) is 0. The van der Waals surface area contributed by atoms with E-state index in [1.54, 1.807) is 0 Å². The Hall–Kier alpha value is -2.28. The average molecular weight is 274 g/mol. The second-order valence-electron chi connectivity index (χ2n) is 5.97. The highest BCUT2D eigenvalue weighted by Crippen LogP contribution is 2.34. The van der Waals surface area contributed by atoms with Crippen LogP contribution >= 0.6 is 0 Å².